The second kappa shape index (κ2) is 6.90. The van der Waals surface area contributed by atoms with Crippen LogP contribution in [0, 0.1) is 0 Å². The zero-order valence-corrected chi connectivity index (χ0v) is 11.8. The Bertz CT molecular complexity index is 626. The first-order valence-corrected chi connectivity index (χ1v) is 6.75. The molecule has 21 heavy (non-hydrogen) atoms. The monoisotopic (exact) mass is 302 g/mol. The number of hydrogen-bond donors (Lipinski definition) is 1. The number of hydrogen-bond acceptors (Lipinski definition) is 3. The highest BCUT2D eigenvalue weighted by Gasteiger charge is 2.16. The van der Waals surface area contributed by atoms with Crippen LogP contribution in [0.15, 0.2) is 54.6 Å². The summed E-state index contributed by atoms with van der Waals surface area (Å²) >= 11 is 5.81. The average molecular weight is 303 g/mol. The number of benzene rings is 2. The maximum atomic E-state index is 12.1. The molecule has 0 aliphatic heterocycles. The van der Waals surface area contributed by atoms with Crippen LogP contribution in [0.2, 0.25) is 5.02 Å². The van der Waals surface area contributed by atoms with Gasteiger partial charge in [0, 0.05) is 23.0 Å². The molecule has 4 nitrogen and oxygen atoms in total. The van der Waals surface area contributed by atoms with E-state index in [0.717, 1.165) is 0 Å². The Balaban J connectivity index is 2.18. The Hall–Kier alpha value is -2.33. The van der Waals surface area contributed by atoms with Crippen molar-refractivity contribution < 1.29 is 14.7 Å². The summed E-state index contributed by atoms with van der Waals surface area (Å²) in [6, 6.07) is 14.6. The van der Waals surface area contributed by atoms with Gasteiger partial charge in [-0.3, -0.25) is 4.79 Å². The fourth-order valence-electron chi connectivity index (χ4n) is 1.95. The molecule has 2 aromatic rings. The SMILES string of the molecule is O=C([O-])CC(NC(=O)c1ccccc1)c1ccc(Cl)cc1. The van der Waals surface area contributed by atoms with Gasteiger partial charge < -0.3 is 15.2 Å². The number of amides is 1. The van der Waals surface area contributed by atoms with Crippen molar-refractivity contribution in [1.82, 2.24) is 5.32 Å². The summed E-state index contributed by atoms with van der Waals surface area (Å²) in [7, 11) is 0. The highest BCUT2D eigenvalue weighted by molar-refractivity contribution is 6.30. The minimum atomic E-state index is -1.23. The van der Waals surface area contributed by atoms with E-state index in [-0.39, 0.29) is 12.3 Å². The van der Waals surface area contributed by atoms with Crippen molar-refractivity contribution >= 4 is 23.5 Å². The quantitative estimate of drug-likeness (QED) is 0.918. The highest BCUT2D eigenvalue weighted by atomic mass is 35.5. The number of halogens is 1. The number of carbonyl (C=O) groups excluding carboxylic acids is 2. The van der Waals surface area contributed by atoms with Crippen LogP contribution in [0.25, 0.3) is 0 Å². The van der Waals surface area contributed by atoms with E-state index >= 15 is 0 Å². The predicted octanol–water partition coefficient (Wildman–Crippen LogP) is 1.95. The van der Waals surface area contributed by atoms with Crippen molar-refractivity contribution in [3.05, 3.63) is 70.7 Å². The first-order valence-electron chi connectivity index (χ1n) is 6.37. The zero-order chi connectivity index (χ0) is 15.2. The molecule has 2 rings (SSSR count). The molecule has 0 fully saturated rings. The Labute approximate surface area is 127 Å². The summed E-state index contributed by atoms with van der Waals surface area (Å²) in [5.41, 5.74) is 1.13. The molecule has 1 N–H and O–H groups in total. The van der Waals surface area contributed by atoms with Crippen LogP contribution in [-0.2, 0) is 4.79 Å². The molecule has 0 heterocycles. The lowest BCUT2D eigenvalue weighted by Crippen LogP contribution is -2.34. The van der Waals surface area contributed by atoms with Crippen LogP contribution < -0.4 is 10.4 Å². The minimum absolute atomic E-state index is 0.305. The lowest BCUT2D eigenvalue weighted by atomic mass is 10.0. The number of carboxylic acids is 1. The fraction of sp³-hybridized carbons (Fsp3) is 0.125. The third kappa shape index (κ3) is 4.33. The van der Waals surface area contributed by atoms with Gasteiger partial charge in [-0.1, -0.05) is 41.9 Å². The van der Waals surface area contributed by atoms with Gasteiger partial charge in [0.25, 0.3) is 5.91 Å². The van der Waals surface area contributed by atoms with E-state index < -0.39 is 12.0 Å². The maximum absolute atomic E-state index is 12.1. The van der Waals surface area contributed by atoms with E-state index in [4.69, 9.17) is 11.6 Å². The lowest BCUT2D eigenvalue weighted by Gasteiger charge is -2.20. The summed E-state index contributed by atoms with van der Waals surface area (Å²) in [5.74, 6) is -1.57. The summed E-state index contributed by atoms with van der Waals surface area (Å²) in [4.78, 5) is 23.0. The number of carbonyl (C=O) groups is 2. The summed E-state index contributed by atoms with van der Waals surface area (Å²) < 4.78 is 0. The van der Waals surface area contributed by atoms with Gasteiger partial charge >= 0.3 is 0 Å². The summed E-state index contributed by atoms with van der Waals surface area (Å²) in [6.45, 7) is 0. The minimum Gasteiger partial charge on any atom is -0.550 e. The second-order valence-electron chi connectivity index (χ2n) is 4.52. The van der Waals surface area contributed by atoms with Crippen LogP contribution in [-0.4, -0.2) is 11.9 Å². The molecule has 0 bridgehead atoms. The van der Waals surface area contributed by atoms with Crippen LogP contribution in [0.3, 0.4) is 0 Å². The van der Waals surface area contributed by atoms with Gasteiger partial charge in [0.1, 0.15) is 0 Å². The molecular formula is C16H13ClNO3-. The van der Waals surface area contributed by atoms with Crippen molar-refractivity contribution in [3.8, 4) is 0 Å². The average Bonchev–Trinajstić information content (AvgIpc) is 2.48. The number of rotatable bonds is 5. The van der Waals surface area contributed by atoms with Crippen molar-refractivity contribution in [2.45, 2.75) is 12.5 Å². The lowest BCUT2D eigenvalue weighted by molar-refractivity contribution is -0.306. The molecule has 0 radical (unpaired) electrons. The Morgan fingerprint density at radius 2 is 1.67 bits per heavy atom. The molecule has 0 saturated carbocycles. The fourth-order valence-corrected chi connectivity index (χ4v) is 2.07. The van der Waals surface area contributed by atoms with Crippen LogP contribution >= 0.6 is 11.6 Å². The van der Waals surface area contributed by atoms with E-state index in [1.54, 1.807) is 54.6 Å². The molecule has 0 spiro atoms. The van der Waals surface area contributed by atoms with Crippen molar-refractivity contribution in [2.24, 2.45) is 0 Å². The van der Waals surface area contributed by atoms with Gasteiger partial charge in [-0.2, -0.15) is 0 Å². The smallest absolute Gasteiger partial charge is 0.251 e. The molecule has 0 aliphatic carbocycles. The van der Waals surface area contributed by atoms with Gasteiger partial charge in [-0.15, -0.1) is 0 Å². The topological polar surface area (TPSA) is 69.2 Å². The molecule has 1 unspecified atom stereocenters. The van der Waals surface area contributed by atoms with Gasteiger partial charge in [0.05, 0.1) is 6.04 Å². The number of carboxylic acid groups (broad SMARTS) is 1. The molecule has 108 valence electrons. The van der Waals surface area contributed by atoms with E-state index in [9.17, 15) is 14.7 Å². The standard InChI is InChI=1S/C16H14ClNO3/c17-13-8-6-11(7-9-13)14(10-15(19)20)18-16(21)12-4-2-1-3-5-12/h1-9,14H,10H2,(H,18,21)(H,19,20)/p-1. The molecule has 1 amide bonds. The molecule has 5 heteroatoms. The first-order chi connectivity index (χ1) is 10.1. The van der Waals surface area contributed by atoms with Crippen molar-refractivity contribution in [2.75, 3.05) is 0 Å². The summed E-state index contributed by atoms with van der Waals surface area (Å²) in [5, 5.41) is 14.1. The Morgan fingerprint density at radius 3 is 2.24 bits per heavy atom. The largest absolute Gasteiger partial charge is 0.550 e. The third-order valence-corrected chi connectivity index (χ3v) is 3.24. The molecule has 1 atom stereocenters. The van der Waals surface area contributed by atoms with Crippen LogP contribution in [0.1, 0.15) is 28.4 Å². The molecule has 0 aromatic heterocycles. The Morgan fingerprint density at radius 1 is 1.05 bits per heavy atom. The van der Waals surface area contributed by atoms with Crippen LogP contribution in [0.4, 0.5) is 0 Å². The first kappa shape index (κ1) is 15.1. The molecular weight excluding hydrogens is 290 g/mol. The highest BCUT2D eigenvalue weighted by Crippen LogP contribution is 2.19. The van der Waals surface area contributed by atoms with E-state index in [1.165, 1.54) is 0 Å². The molecule has 0 saturated heterocycles. The Kier molecular flexibility index (Phi) is 4.95. The van der Waals surface area contributed by atoms with Gasteiger partial charge in [-0.25, -0.2) is 0 Å². The number of nitrogens with one attached hydrogen (secondary N) is 1. The van der Waals surface area contributed by atoms with E-state index in [0.29, 0.717) is 16.1 Å². The van der Waals surface area contributed by atoms with Crippen molar-refractivity contribution in [1.29, 1.82) is 0 Å². The van der Waals surface area contributed by atoms with Crippen molar-refractivity contribution in [3.63, 3.8) is 0 Å². The van der Waals surface area contributed by atoms with E-state index in [1.807, 2.05) is 0 Å². The summed E-state index contributed by atoms with van der Waals surface area (Å²) in [6.07, 6.45) is -0.305. The number of aliphatic carboxylic acids is 1. The normalized spacial score (nSPS) is 11.7. The van der Waals surface area contributed by atoms with Gasteiger partial charge in [0.15, 0.2) is 0 Å². The van der Waals surface area contributed by atoms with Gasteiger partial charge in [-0.05, 0) is 29.8 Å². The van der Waals surface area contributed by atoms with E-state index in [2.05, 4.69) is 5.32 Å². The molecule has 0 aliphatic rings. The second-order valence-corrected chi connectivity index (χ2v) is 4.96. The third-order valence-electron chi connectivity index (χ3n) is 2.98. The van der Waals surface area contributed by atoms with Gasteiger partial charge in [0.2, 0.25) is 0 Å². The predicted molar refractivity (Wildman–Crippen MR) is 77.7 cm³/mol. The zero-order valence-electron chi connectivity index (χ0n) is 11.1. The van der Waals surface area contributed by atoms with Crippen LogP contribution in [0.5, 0.6) is 0 Å². The maximum Gasteiger partial charge on any atom is 0.251 e. The molecule has 2 aromatic carbocycles.